The molecule has 1 rings (SSSR count). The van der Waals surface area contributed by atoms with Gasteiger partial charge in [-0.25, -0.2) is 4.39 Å². The van der Waals surface area contributed by atoms with Crippen LogP contribution in [0.2, 0.25) is 0 Å². The molecule has 0 saturated heterocycles. The summed E-state index contributed by atoms with van der Waals surface area (Å²) >= 11 is 3.02. The summed E-state index contributed by atoms with van der Waals surface area (Å²) in [7, 11) is 1.68. The predicted octanol–water partition coefficient (Wildman–Crippen LogP) is 1.20. The SMILES string of the molecule is CNCC(O)C(O)c1ccc(F)c(Br)c1. The summed E-state index contributed by atoms with van der Waals surface area (Å²) < 4.78 is 13.2. The number of aliphatic hydroxyl groups excluding tert-OH is 2. The zero-order valence-electron chi connectivity index (χ0n) is 8.24. The van der Waals surface area contributed by atoms with Gasteiger partial charge in [0.1, 0.15) is 11.9 Å². The van der Waals surface area contributed by atoms with Crippen LogP contribution in [0.4, 0.5) is 4.39 Å². The number of likely N-dealkylation sites (N-methyl/N-ethyl adjacent to an activating group) is 1. The van der Waals surface area contributed by atoms with Crippen molar-refractivity contribution in [3.8, 4) is 0 Å². The highest BCUT2D eigenvalue weighted by Gasteiger charge is 2.18. The summed E-state index contributed by atoms with van der Waals surface area (Å²) in [5.74, 6) is -0.394. The molecular weight excluding hydrogens is 265 g/mol. The van der Waals surface area contributed by atoms with Crippen molar-refractivity contribution in [1.82, 2.24) is 5.32 Å². The fourth-order valence-corrected chi connectivity index (χ4v) is 1.64. The van der Waals surface area contributed by atoms with Crippen LogP contribution >= 0.6 is 15.9 Å². The first-order chi connectivity index (χ1) is 7.06. The lowest BCUT2D eigenvalue weighted by molar-refractivity contribution is 0.0201. The largest absolute Gasteiger partial charge is 0.389 e. The number of halogens is 2. The first-order valence-corrected chi connectivity index (χ1v) is 5.31. The van der Waals surface area contributed by atoms with Crippen molar-refractivity contribution in [2.75, 3.05) is 13.6 Å². The van der Waals surface area contributed by atoms with Crippen molar-refractivity contribution < 1.29 is 14.6 Å². The molecule has 0 amide bonds. The lowest BCUT2D eigenvalue weighted by Crippen LogP contribution is -2.29. The Labute approximate surface area is 96.1 Å². The van der Waals surface area contributed by atoms with Gasteiger partial charge in [-0.15, -0.1) is 0 Å². The van der Waals surface area contributed by atoms with E-state index in [-0.39, 0.29) is 11.0 Å². The van der Waals surface area contributed by atoms with E-state index in [0.717, 1.165) is 0 Å². The molecule has 0 heterocycles. The second-order valence-electron chi connectivity index (χ2n) is 3.24. The van der Waals surface area contributed by atoms with Crippen molar-refractivity contribution in [3.63, 3.8) is 0 Å². The van der Waals surface area contributed by atoms with E-state index in [1.807, 2.05) is 0 Å². The molecule has 0 fully saturated rings. The van der Waals surface area contributed by atoms with E-state index in [2.05, 4.69) is 21.2 Å². The molecule has 1 aromatic rings. The molecule has 2 unspecified atom stereocenters. The molecule has 15 heavy (non-hydrogen) atoms. The monoisotopic (exact) mass is 277 g/mol. The lowest BCUT2D eigenvalue weighted by Gasteiger charge is -2.18. The van der Waals surface area contributed by atoms with Crippen molar-refractivity contribution >= 4 is 15.9 Å². The second-order valence-corrected chi connectivity index (χ2v) is 4.10. The van der Waals surface area contributed by atoms with E-state index in [1.54, 1.807) is 7.05 Å². The average molecular weight is 278 g/mol. The predicted molar refractivity (Wildman–Crippen MR) is 59.0 cm³/mol. The number of rotatable bonds is 4. The number of hydrogen-bond donors (Lipinski definition) is 3. The third-order valence-corrected chi connectivity index (χ3v) is 2.67. The molecule has 1 aromatic carbocycles. The van der Waals surface area contributed by atoms with Crippen LogP contribution in [0.1, 0.15) is 11.7 Å². The zero-order valence-corrected chi connectivity index (χ0v) is 9.83. The second kappa shape index (κ2) is 5.55. The summed E-state index contributed by atoms with van der Waals surface area (Å²) in [6, 6.07) is 4.15. The maximum absolute atomic E-state index is 12.9. The Morgan fingerprint density at radius 1 is 1.47 bits per heavy atom. The third-order valence-electron chi connectivity index (χ3n) is 2.06. The highest BCUT2D eigenvalue weighted by molar-refractivity contribution is 9.10. The topological polar surface area (TPSA) is 52.5 Å². The zero-order chi connectivity index (χ0) is 11.4. The Kier molecular flexibility index (Phi) is 4.66. The van der Waals surface area contributed by atoms with Gasteiger partial charge in [-0.2, -0.15) is 0 Å². The molecule has 0 aliphatic carbocycles. The van der Waals surface area contributed by atoms with E-state index >= 15 is 0 Å². The quantitative estimate of drug-likeness (QED) is 0.775. The van der Waals surface area contributed by atoms with Crippen LogP contribution in [0.25, 0.3) is 0 Å². The van der Waals surface area contributed by atoms with Crippen LogP contribution in [-0.2, 0) is 0 Å². The van der Waals surface area contributed by atoms with Gasteiger partial charge in [0.25, 0.3) is 0 Å². The van der Waals surface area contributed by atoms with Gasteiger partial charge in [0.15, 0.2) is 0 Å². The molecular formula is C10H13BrFNO2. The fraction of sp³-hybridized carbons (Fsp3) is 0.400. The van der Waals surface area contributed by atoms with Crippen LogP contribution in [0.15, 0.2) is 22.7 Å². The lowest BCUT2D eigenvalue weighted by atomic mass is 10.0. The van der Waals surface area contributed by atoms with Gasteiger partial charge in [-0.05, 0) is 40.7 Å². The van der Waals surface area contributed by atoms with E-state index in [0.29, 0.717) is 5.56 Å². The van der Waals surface area contributed by atoms with E-state index in [4.69, 9.17) is 0 Å². The van der Waals surface area contributed by atoms with Gasteiger partial charge < -0.3 is 15.5 Å². The summed E-state index contributed by atoms with van der Waals surface area (Å²) in [5.41, 5.74) is 0.478. The summed E-state index contributed by atoms with van der Waals surface area (Å²) in [6.07, 6.45) is -1.93. The fourth-order valence-electron chi connectivity index (χ4n) is 1.24. The van der Waals surface area contributed by atoms with Crippen LogP contribution in [0.5, 0.6) is 0 Å². The molecule has 0 aromatic heterocycles. The Balaban J connectivity index is 2.81. The van der Waals surface area contributed by atoms with Crippen LogP contribution in [-0.4, -0.2) is 29.9 Å². The highest BCUT2D eigenvalue weighted by Crippen LogP contribution is 2.23. The molecule has 2 atom stereocenters. The van der Waals surface area contributed by atoms with Gasteiger partial charge in [-0.3, -0.25) is 0 Å². The standard InChI is InChI=1S/C10H13BrFNO2/c1-13-5-9(14)10(15)6-2-3-8(12)7(11)4-6/h2-4,9-10,13-15H,5H2,1H3. The smallest absolute Gasteiger partial charge is 0.137 e. The Morgan fingerprint density at radius 2 is 2.13 bits per heavy atom. The molecule has 3 nitrogen and oxygen atoms in total. The molecule has 0 spiro atoms. The van der Waals surface area contributed by atoms with Gasteiger partial charge in [0, 0.05) is 6.54 Å². The average Bonchev–Trinajstić information content (AvgIpc) is 2.21. The minimum absolute atomic E-state index is 0.274. The molecule has 0 aliphatic heterocycles. The van der Waals surface area contributed by atoms with Crippen molar-refractivity contribution in [2.24, 2.45) is 0 Å². The van der Waals surface area contributed by atoms with E-state index in [1.165, 1.54) is 18.2 Å². The maximum Gasteiger partial charge on any atom is 0.137 e. The minimum Gasteiger partial charge on any atom is -0.389 e. The number of aliphatic hydroxyl groups is 2. The van der Waals surface area contributed by atoms with Gasteiger partial charge in [0.2, 0.25) is 0 Å². The first-order valence-electron chi connectivity index (χ1n) is 4.52. The normalized spacial score (nSPS) is 15.0. The summed E-state index contributed by atoms with van der Waals surface area (Å²) in [5, 5.41) is 22.0. The maximum atomic E-state index is 12.9. The Morgan fingerprint density at radius 3 is 2.67 bits per heavy atom. The number of nitrogens with one attached hydrogen (secondary N) is 1. The van der Waals surface area contributed by atoms with Gasteiger partial charge in [0.05, 0.1) is 10.6 Å². The number of benzene rings is 1. The van der Waals surface area contributed by atoms with Crippen molar-refractivity contribution in [2.45, 2.75) is 12.2 Å². The first kappa shape index (κ1) is 12.6. The van der Waals surface area contributed by atoms with Crippen molar-refractivity contribution in [1.29, 1.82) is 0 Å². The molecule has 5 heteroatoms. The van der Waals surface area contributed by atoms with E-state index < -0.39 is 18.0 Å². The summed E-state index contributed by atoms with van der Waals surface area (Å²) in [6.45, 7) is 0.274. The number of hydrogen-bond acceptors (Lipinski definition) is 3. The Bertz CT molecular complexity index is 335. The molecule has 0 aliphatic rings. The summed E-state index contributed by atoms with van der Waals surface area (Å²) in [4.78, 5) is 0. The van der Waals surface area contributed by atoms with Crippen LogP contribution in [0.3, 0.4) is 0 Å². The van der Waals surface area contributed by atoms with Gasteiger partial charge in [-0.1, -0.05) is 6.07 Å². The molecule has 0 bridgehead atoms. The van der Waals surface area contributed by atoms with Crippen LogP contribution < -0.4 is 5.32 Å². The molecule has 0 radical (unpaired) electrons. The highest BCUT2D eigenvalue weighted by atomic mass is 79.9. The van der Waals surface area contributed by atoms with E-state index in [9.17, 15) is 14.6 Å². The van der Waals surface area contributed by atoms with Crippen LogP contribution in [0, 0.1) is 5.82 Å². The third kappa shape index (κ3) is 3.24. The van der Waals surface area contributed by atoms with Crippen molar-refractivity contribution in [3.05, 3.63) is 34.1 Å². The molecule has 0 saturated carbocycles. The Hall–Kier alpha value is -0.490. The van der Waals surface area contributed by atoms with Gasteiger partial charge >= 0.3 is 0 Å². The molecule has 3 N–H and O–H groups in total. The molecule has 84 valence electrons. The minimum atomic E-state index is -1.02.